The van der Waals surface area contributed by atoms with E-state index in [1.807, 2.05) is 24.3 Å². The lowest BCUT2D eigenvalue weighted by Gasteiger charge is -2.26. The summed E-state index contributed by atoms with van der Waals surface area (Å²) in [6, 6.07) is 16.3. The quantitative estimate of drug-likeness (QED) is 0.687. The molecule has 2 heteroatoms. The Morgan fingerprint density at radius 1 is 0.808 bits per heavy atom. The summed E-state index contributed by atoms with van der Waals surface area (Å²) in [5, 5.41) is 0. The molecule has 0 atom stereocenters. The highest BCUT2D eigenvalue weighted by Crippen LogP contribution is 2.13. The third kappa shape index (κ3) is 6.77. The normalized spacial score (nSPS) is 11.2. The Bertz CT molecular complexity index is 708. The summed E-state index contributed by atoms with van der Waals surface area (Å²) in [5.41, 5.74) is 4.15. The first-order valence-electron chi connectivity index (χ1n) is 8.87. The summed E-state index contributed by atoms with van der Waals surface area (Å²) in [7, 11) is 0. The highest BCUT2D eigenvalue weighted by atomic mass is 16.5. The van der Waals surface area contributed by atoms with Crippen molar-refractivity contribution in [3.63, 3.8) is 0 Å². The van der Waals surface area contributed by atoms with Crippen molar-refractivity contribution in [3.8, 4) is 24.7 Å². The fraction of sp³-hybridized carbons (Fsp3) is 0.333. The topological polar surface area (TPSA) is 12.5 Å². The van der Waals surface area contributed by atoms with E-state index >= 15 is 0 Å². The van der Waals surface area contributed by atoms with Crippen LogP contribution >= 0.6 is 0 Å². The standard InChI is InChI=1S/C24H27NO/c1-6-20-8-12-22(13-9-20)18-25(16-17-26-24(3,4)5)19-23-14-10-21(7-2)11-15-23/h1-2,8-15H,16-19H2,3-5H3. The van der Waals surface area contributed by atoms with Gasteiger partial charge in [0.2, 0.25) is 0 Å². The predicted octanol–water partition coefficient (Wildman–Crippen LogP) is 4.47. The minimum absolute atomic E-state index is 0.130. The Hall–Kier alpha value is -2.52. The molecule has 2 aromatic rings. The third-order valence-electron chi connectivity index (χ3n) is 4.00. The lowest BCUT2D eigenvalue weighted by molar-refractivity contribution is -0.0148. The van der Waals surface area contributed by atoms with Crippen LogP contribution in [0.3, 0.4) is 0 Å². The van der Waals surface area contributed by atoms with E-state index in [9.17, 15) is 0 Å². The molecule has 0 spiro atoms. The van der Waals surface area contributed by atoms with Crippen molar-refractivity contribution < 1.29 is 4.74 Å². The molecule has 0 fully saturated rings. The zero-order chi connectivity index (χ0) is 19.0. The van der Waals surface area contributed by atoms with Crippen molar-refractivity contribution in [2.24, 2.45) is 0 Å². The lowest BCUT2D eigenvalue weighted by Crippen LogP contribution is -2.30. The molecule has 0 aliphatic heterocycles. The van der Waals surface area contributed by atoms with Gasteiger partial charge in [-0.3, -0.25) is 4.90 Å². The first kappa shape index (κ1) is 19.8. The van der Waals surface area contributed by atoms with E-state index in [1.54, 1.807) is 0 Å². The van der Waals surface area contributed by atoms with Crippen LogP contribution in [0.5, 0.6) is 0 Å². The monoisotopic (exact) mass is 345 g/mol. The zero-order valence-corrected chi connectivity index (χ0v) is 16.0. The average molecular weight is 345 g/mol. The van der Waals surface area contributed by atoms with Crippen LogP contribution in [-0.4, -0.2) is 23.7 Å². The molecule has 0 unspecified atom stereocenters. The van der Waals surface area contributed by atoms with Crippen LogP contribution in [0.15, 0.2) is 48.5 Å². The van der Waals surface area contributed by atoms with E-state index in [4.69, 9.17) is 17.6 Å². The van der Waals surface area contributed by atoms with E-state index in [-0.39, 0.29) is 5.60 Å². The summed E-state index contributed by atoms with van der Waals surface area (Å²) in [5.74, 6) is 5.32. The largest absolute Gasteiger partial charge is 0.375 e. The molecule has 0 aliphatic rings. The van der Waals surface area contributed by atoms with Crippen molar-refractivity contribution >= 4 is 0 Å². The van der Waals surface area contributed by atoms with E-state index in [1.165, 1.54) is 11.1 Å². The molecule has 26 heavy (non-hydrogen) atoms. The molecule has 0 aliphatic carbocycles. The summed E-state index contributed by atoms with van der Waals surface area (Å²) >= 11 is 0. The molecule has 0 bridgehead atoms. The van der Waals surface area contributed by atoms with Crippen molar-refractivity contribution in [2.75, 3.05) is 13.2 Å². The Morgan fingerprint density at radius 2 is 1.23 bits per heavy atom. The van der Waals surface area contributed by atoms with Gasteiger partial charge in [0.15, 0.2) is 0 Å². The first-order chi connectivity index (χ1) is 12.4. The van der Waals surface area contributed by atoms with E-state index in [2.05, 4.69) is 61.8 Å². The van der Waals surface area contributed by atoms with Crippen LogP contribution in [0.1, 0.15) is 43.0 Å². The van der Waals surface area contributed by atoms with Crippen LogP contribution in [0, 0.1) is 24.7 Å². The van der Waals surface area contributed by atoms with Gasteiger partial charge in [0.25, 0.3) is 0 Å². The molecule has 0 amide bonds. The molecular weight excluding hydrogens is 318 g/mol. The number of hydrogen-bond donors (Lipinski definition) is 0. The van der Waals surface area contributed by atoms with Crippen LogP contribution in [0.2, 0.25) is 0 Å². The fourth-order valence-electron chi connectivity index (χ4n) is 2.62. The van der Waals surface area contributed by atoms with Gasteiger partial charge >= 0.3 is 0 Å². The minimum atomic E-state index is -0.130. The van der Waals surface area contributed by atoms with E-state index in [0.29, 0.717) is 6.61 Å². The SMILES string of the molecule is C#Cc1ccc(CN(CCOC(C)(C)C)Cc2ccc(C#C)cc2)cc1. The maximum atomic E-state index is 5.91. The number of ether oxygens (including phenoxy) is 1. The highest BCUT2D eigenvalue weighted by molar-refractivity contribution is 5.35. The summed E-state index contributed by atoms with van der Waals surface area (Å²) in [6.07, 6.45) is 10.9. The minimum Gasteiger partial charge on any atom is -0.375 e. The van der Waals surface area contributed by atoms with Gasteiger partial charge in [-0.2, -0.15) is 0 Å². The number of terminal acetylenes is 2. The average Bonchev–Trinajstić information content (AvgIpc) is 2.62. The zero-order valence-electron chi connectivity index (χ0n) is 16.0. The molecule has 0 aromatic heterocycles. The van der Waals surface area contributed by atoms with E-state index in [0.717, 1.165) is 30.8 Å². The molecule has 0 saturated heterocycles. The molecule has 0 N–H and O–H groups in total. The van der Waals surface area contributed by atoms with Crippen LogP contribution in [0.4, 0.5) is 0 Å². The van der Waals surface area contributed by atoms with Gasteiger partial charge in [-0.1, -0.05) is 36.1 Å². The van der Waals surface area contributed by atoms with Crippen LogP contribution < -0.4 is 0 Å². The molecule has 2 aromatic carbocycles. The van der Waals surface area contributed by atoms with Crippen molar-refractivity contribution in [3.05, 3.63) is 70.8 Å². The lowest BCUT2D eigenvalue weighted by atomic mass is 10.1. The molecule has 2 nitrogen and oxygen atoms in total. The third-order valence-corrected chi connectivity index (χ3v) is 4.00. The summed E-state index contributed by atoms with van der Waals surface area (Å²) in [4.78, 5) is 2.38. The maximum Gasteiger partial charge on any atom is 0.0600 e. The predicted molar refractivity (Wildman–Crippen MR) is 109 cm³/mol. The Balaban J connectivity index is 2.06. The molecular formula is C24H27NO. The van der Waals surface area contributed by atoms with Gasteiger partial charge in [0, 0.05) is 30.8 Å². The van der Waals surface area contributed by atoms with Gasteiger partial charge < -0.3 is 4.74 Å². The van der Waals surface area contributed by atoms with Crippen LogP contribution in [-0.2, 0) is 17.8 Å². The van der Waals surface area contributed by atoms with Gasteiger partial charge in [-0.15, -0.1) is 12.8 Å². The summed E-state index contributed by atoms with van der Waals surface area (Å²) < 4.78 is 5.91. The Kier molecular flexibility index (Phi) is 7.05. The Labute approximate surface area is 158 Å². The number of rotatable bonds is 7. The van der Waals surface area contributed by atoms with Gasteiger partial charge in [-0.05, 0) is 56.2 Å². The maximum absolute atomic E-state index is 5.91. The highest BCUT2D eigenvalue weighted by Gasteiger charge is 2.12. The van der Waals surface area contributed by atoms with Gasteiger partial charge in [0.1, 0.15) is 0 Å². The number of benzene rings is 2. The molecule has 0 saturated carbocycles. The molecule has 0 heterocycles. The smallest absolute Gasteiger partial charge is 0.0600 e. The summed E-state index contributed by atoms with van der Waals surface area (Å²) in [6.45, 7) is 9.46. The van der Waals surface area contributed by atoms with Gasteiger partial charge in [-0.25, -0.2) is 0 Å². The van der Waals surface area contributed by atoms with E-state index < -0.39 is 0 Å². The number of nitrogens with zero attached hydrogens (tertiary/aromatic N) is 1. The van der Waals surface area contributed by atoms with Crippen molar-refractivity contribution in [2.45, 2.75) is 39.5 Å². The second-order valence-corrected chi connectivity index (χ2v) is 7.35. The first-order valence-corrected chi connectivity index (χ1v) is 8.87. The fourth-order valence-corrected chi connectivity index (χ4v) is 2.62. The van der Waals surface area contributed by atoms with Crippen molar-refractivity contribution in [1.29, 1.82) is 0 Å². The number of hydrogen-bond acceptors (Lipinski definition) is 2. The van der Waals surface area contributed by atoms with Crippen molar-refractivity contribution in [1.82, 2.24) is 4.90 Å². The second-order valence-electron chi connectivity index (χ2n) is 7.35. The molecule has 2 rings (SSSR count). The molecule has 134 valence electrons. The second kappa shape index (κ2) is 9.25. The molecule has 0 radical (unpaired) electrons. The van der Waals surface area contributed by atoms with Gasteiger partial charge in [0.05, 0.1) is 12.2 Å². The van der Waals surface area contributed by atoms with Crippen LogP contribution in [0.25, 0.3) is 0 Å². The Morgan fingerprint density at radius 3 is 1.58 bits per heavy atom.